The number of hydrogen-bond donors (Lipinski definition) is 0. The lowest BCUT2D eigenvalue weighted by atomic mass is 10.2. The van der Waals surface area contributed by atoms with Gasteiger partial charge in [-0.2, -0.15) is 11.1 Å². The summed E-state index contributed by atoms with van der Waals surface area (Å²) in [5.41, 5.74) is 2.85. The first-order valence-corrected chi connectivity index (χ1v) is 11.3. The van der Waals surface area contributed by atoms with Gasteiger partial charge in [-0.05, 0) is 41.0 Å². The van der Waals surface area contributed by atoms with E-state index in [1.54, 1.807) is 0 Å². The van der Waals surface area contributed by atoms with Crippen LogP contribution in [0, 0.1) is 13.8 Å². The predicted molar refractivity (Wildman–Crippen MR) is 82.9 cm³/mol. The fourth-order valence-electron chi connectivity index (χ4n) is 2.25. The Balaban J connectivity index is 2.67. The summed E-state index contributed by atoms with van der Waals surface area (Å²) in [4.78, 5) is 1.54. The van der Waals surface area contributed by atoms with Crippen molar-refractivity contribution in [2.75, 3.05) is 0 Å². The Labute approximate surface area is 110 Å². The molecule has 0 saturated carbocycles. The van der Waals surface area contributed by atoms with Crippen molar-refractivity contribution >= 4 is 30.9 Å². The van der Waals surface area contributed by atoms with Crippen molar-refractivity contribution in [2.45, 2.75) is 26.9 Å². The van der Waals surface area contributed by atoms with E-state index >= 15 is 0 Å². The van der Waals surface area contributed by atoms with Gasteiger partial charge < -0.3 is 0 Å². The largest absolute Gasteiger partial charge is 0.185 e. The number of benzene rings is 1. The van der Waals surface area contributed by atoms with Crippen LogP contribution < -0.4 is 4.92 Å². The van der Waals surface area contributed by atoms with Crippen molar-refractivity contribution in [2.24, 2.45) is 0 Å². The highest BCUT2D eigenvalue weighted by atomic mass is 35.6. The molecule has 1 aromatic heterocycles. The van der Waals surface area contributed by atoms with Crippen molar-refractivity contribution in [1.82, 2.24) is 0 Å². The molecule has 1 aromatic carbocycles. The van der Waals surface area contributed by atoms with Gasteiger partial charge in [0.25, 0.3) is 0 Å². The second-order valence-corrected chi connectivity index (χ2v) is 13.6. The molecule has 0 aliphatic rings. The van der Waals surface area contributed by atoms with E-state index in [0.29, 0.717) is 0 Å². The molecule has 0 amide bonds. The molecule has 90 valence electrons. The first kappa shape index (κ1) is 13.0. The zero-order chi connectivity index (χ0) is 12.6. The van der Waals surface area contributed by atoms with E-state index < -0.39 is 7.38 Å². The third-order valence-electron chi connectivity index (χ3n) is 3.11. The zero-order valence-corrected chi connectivity index (χ0v) is 13.4. The van der Waals surface area contributed by atoms with Gasteiger partial charge in [-0.15, -0.1) is 0 Å². The van der Waals surface area contributed by atoms with Crippen LogP contribution in [-0.2, 0) is 0 Å². The number of aryl methyl sites for hydroxylation is 1. The van der Waals surface area contributed by atoms with Gasteiger partial charge in [0.2, 0.25) is 0 Å². The molecular weight excluding hydrogens is 263 g/mol. The fourth-order valence-corrected chi connectivity index (χ4v) is 9.60. The molecule has 0 nitrogen and oxygen atoms in total. The number of halogens is 1. The van der Waals surface area contributed by atoms with E-state index in [1.807, 2.05) is 0 Å². The molecular formula is C14H18ClPSi. The highest BCUT2D eigenvalue weighted by Gasteiger charge is 2.28. The Morgan fingerprint density at radius 2 is 1.65 bits per heavy atom. The third kappa shape index (κ3) is 2.52. The summed E-state index contributed by atoms with van der Waals surface area (Å²) in [6.07, 6.45) is 0. The summed E-state index contributed by atoms with van der Waals surface area (Å²) >= 11 is 6.71. The molecule has 0 fully saturated rings. The van der Waals surface area contributed by atoms with E-state index in [1.165, 1.54) is 21.3 Å². The summed E-state index contributed by atoms with van der Waals surface area (Å²) in [6.45, 7) is 8.90. The SMILES string of the molecule is Cc1cp(-c2ccccc2)c([Si](C)(C)Cl)c1C. The molecule has 0 spiro atoms. The van der Waals surface area contributed by atoms with E-state index in [0.717, 1.165) is 0 Å². The number of hydrogen-bond acceptors (Lipinski definition) is 0. The van der Waals surface area contributed by atoms with Gasteiger partial charge in [0.05, 0.1) is 0 Å². The molecule has 0 aliphatic heterocycles. The third-order valence-corrected chi connectivity index (χ3v) is 10.3. The summed E-state index contributed by atoms with van der Waals surface area (Å²) in [6, 6.07) is 10.8. The minimum absolute atomic E-state index is 0.323. The Kier molecular flexibility index (Phi) is 3.54. The standard InChI is InChI=1S/C14H18ClPSi/c1-11-10-16(13-8-6-5-7-9-13)14(12(11)2)17(3,4)15/h5-10H,1-4H3. The smallest absolute Gasteiger partial charge is 0.161 e. The van der Waals surface area contributed by atoms with Crippen LogP contribution in [0.2, 0.25) is 13.1 Å². The highest BCUT2D eigenvalue weighted by Crippen LogP contribution is 2.42. The maximum atomic E-state index is 6.71. The Morgan fingerprint density at radius 3 is 2.18 bits per heavy atom. The molecule has 0 aliphatic carbocycles. The van der Waals surface area contributed by atoms with Gasteiger partial charge in [0, 0.05) is 0 Å². The van der Waals surface area contributed by atoms with Crippen molar-refractivity contribution in [3.63, 3.8) is 0 Å². The molecule has 1 atom stereocenters. The summed E-state index contributed by atoms with van der Waals surface area (Å²) in [5, 5.41) is 1.43. The van der Waals surface area contributed by atoms with Crippen molar-refractivity contribution in [3.05, 3.63) is 47.3 Å². The molecule has 3 heteroatoms. The molecule has 0 N–H and O–H groups in total. The van der Waals surface area contributed by atoms with Crippen molar-refractivity contribution in [1.29, 1.82) is 0 Å². The van der Waals surface area contributed by atoms with Crippen LogP contribution in [0.1, 0.15) is 11.1 Å². The van der Waals surface area contributed by atoms with Crippen molar-refractivity contribution < 1.29 is 0 Å². The van der Waals surface area contributed by atoms with E-state index in [-0.39, 0.29) is 7.53 Å². The Hall–Kier alpha value is -0.493. The van der Waals surface area contributed by atoms with E-state index in [9.17, 15) is 0 Å². The van der Waals surface area contributed by atoms with Crippen LogP contribution in [0.5, 0.6) is 0 Å². The minimum Gasteiger partial charge on any atom is -0.161 e. The van der Waals surface area contributed by atoms with Crippen LogP contribution in [0.15, 0.2) is 36.1 Å². The molecule has 2 aromatic rings. The first-order valence-electron chi connectivity index (χ1n) is 5.84. The Morgan fingerprint density at radius 1 is 1.06 bits per heavy atom. The molecule has 0 radical (unpaired) electrons. The maximum absolute atomic E-state index is 6.71. The summed E-state index contributed by atoms with van der Waals surface area (Å²) < 4.78 is 0. The lowest BCUT2D eigenvalue weighted by molar-refractivity contribution is 1.42. The average Bonchev–Trinajstić information content (AvgIpc) is 2.56. The quantitative estimate of drug-likeness (QED) is 0.540. The summed E-state index contributed by atoms with van der Waals surface area (Å²) in [5.74, 6) is 2.42. The molecule has 2 rings (SSSR count). The second kappa shape index (κ2) is 4.64. The lowest BCUT2D eigenvalue weighted by Gasteiger charge is -2.17. The number of rotatable bonds is 2. The normalized spacial score (nSPS) is 12.9. The van der Waals surface area contributed by atoms with Gasteiger partial charge in [-0.25, -0.2) is 0 Å². The van der Waals surface area contributed by atoms with Crippen LogP contribution in [0.25, 0.3) is 5.30 Å². The van der Waals surface area contributed by atoms with Gasteiger partial charge in [-0.3, -0.25) is 0 Å². The highest BCUT2D eigenvalue weighted by molar-refractivity contribution is 7.66. The van der Waals surface area contributed by atoms with E-state index in [4.69, 9.17) is 11.1 Å². The fraction of sp³-hybridized carbons (Fsp3) is 0.286. The van der Waals surface area contributed by atoms with Crippen LogP contribution in [-0.4, -0.2) is 7.38 Å². The monoisotopic (exact) mass is 280 g/mol. The minimum atomic E-state index is -1.75. The lowest BCUT2D eigenvalue weighted by Crippen LogP contribution is -2.34. The van der Waals surface area contributed by atoms with Crippen LogP contribution in [0.3, 0.4) is 0 Å². The van der Waals surface area contributed by atoms with Crippen LogP contribution >= 0.6 is 18.6 Å². The Bertz CT molecular complexity index is 523. The molecule has 0 bridgehead atoms. The van der Waals surface area contributed by atoms with Gasteiger partial charge in [-0.1, -0.05) is 51.0 Å². The first-order chi connectivity index (χ1) is 7.91. The topological polar surface area (TPSA) is 0 Å². The molecule has 17 heavy (non-hydrogen) atoms. The average molecular weight is 281 g/mol. The maximum Gasteiger partial charge on any atom is 0.185 e. The van der Waals surface area contributed by atoms with Gasteiger partial charge >= 0.3 is 0 Å². The molecule has 1 unspecified atom stereocenters. The molecule has 0 saturated heterocycles. The summed E-state index contributed by atoms with van der Waals surface area (Å²) in [7, 11) is -2.07. The van der Waals surface area contributed by atoms with Crippen molar-refractivity contribution in [3.8, 4) is 5.30 Å². The second-order valence-electron chi connectivity index (χ2n) is 4.96. The molecule has 1 heterocycles. The predicted octanol–water partition coefficient (Wildman–Crippen LogP) is 4.93. The van der Waals surface area contributed by atoms with E-state index in [2.05, 4.69) is 63.1 Å². The van der Waals surface area contributed by atoms with Gasteiger partial charge in [0.15, 0.2) is 7.38 Å². The van der Waals surface area contributed by atoms with Crippen LogP contribution in [0.4, 0.5) is 0 Å². The zero-order valence-electron chi connectivity index (χ0n) is 10.8. The van der Waals surface area contributed by atoms with Gasteiger partial charge in [0.1, 0.15) is 0 Å².